The maximum Gasteiger partial charge on any atom is 0.329 e. The summed E-state index contributed by atoms with van der Waals surface area (Å²) in [5.41, 5.74) is 4.50. The van der Waals surface area contributed by atoms with Gasteiger partial charge in [0.25, 0.3) is 5.56 Å². The van der Waals surface area contributed by atoms with Gasteiger partial charge in [-0.05, 0) is 32.4 Å². The van der Waals surface area contributed by atoms with Crippen molar-refractivity contribution in [1.82, 2.24) is 14.5 Å². The Balaban J connectivity index is 2.34. The van der Waals surface area contributed by atoms with E-state index < -0.39 is 11.2 Å². The van der Waals surface area contributed by atoms with E-state index in [2.05, 4.69) is 4.98 Å². The number of aromatic amines is 1. The molecule has 110 valence electrons. The number of aromatic nitrogens is 2. The fourth-order valence-electron chi connectivity index (χ4n) is 2.53. The lowest BCUT2D eigenvalue weighted by Crippen LogP contribution is -2.38. The number of carbonyl (C=O) groups is 1. The minimum atomic E-state index is -0.691. The smallest absolute Gasteiger partial charge is 0.329 e. The van der Waals surface area contributed by atoms with Crippen LogP contribution in [0.1, 0.15) is 36.5 Å². The first-order valence-electron chi connectivity index (χ1n) is 6.92. The van der Waals surface area contributed by atoms with Crippen LogP contribution in [0.4, 0.5) is 5.82 Å². The molecule has 0 aromatic carbocycles. The van der Waals surface area contributed by atoms with Gasteiger partial charge in [-0.25, -0.2) is 4.79 Å². The third-order valence-corrected chi connectivity index (χ3v) is 3.53. The molecule has 1 saturated heterocycles. The number of rotatable bonds is 5. The van der Waals surface area contributed by atoms with Crippen LogP contribution in [0, 0.1) is 0 Å². The zero-order valence-corrected chi connectivity index (χ0v) is 11.6. The van der Waals surface area contributed by atoms with Gasteiger partial charge in [-0.2, -0.15) is 0 Å². The summed E-state index contributed by atoms with van der Waals surface area (Å²) in [5, 5.41) is 0. The second-order valence-electron chi connectivity index (χ2n) is 5.08. The summed E-state index contributed by atoms with van der Waals surface area (Å²) in [4.78, 5) is 39.9. The van der Waals surface area contributed by atoms with Crippen molar-refractivity contribution in [1.29, 1.82) is 0 Å². The van der Waals surface area contributed by atoms with Crippen LogP contribution < -0.4 is 17.0 Å². The average Bonchev–Trinajstić information content (AvgIpc) is 2.87. The second kappa shape index (κ2) is 6.04. The molecule has 2 heterocycles. The molecule has 2 rings (SSSR count). The van der Waals surface area contributed by atoms with Crippen LogP contribution in [0.15, 0.2) is 9.59 Å². The van der Waals surface area contributed by atoms with Crippen molar-refractivity contribution in [2.24, 2.45) is 0 Å². The predicted octanol–water partition coefficient (Wildman–Crippen LogP) is -0.193. The summed E-state index contributed by atoms with van der Waals surface area (Å²) in [5.74, 6) is -0.347. The van der Waals surface area contributed by atoms with Gasteiger partial charge in [0, 0.05) is 6.54 Å². The van der Waals surface area contributed by atoms with E-state index in [4.69, 9.17) is 5.73 Å². The highest BCUT2D eigenvalue weighted by molar-refractivity contribution is 6.01. The summed E-state index contributed by atoms with van der Waals surface area (Å²) in [6, 6.07) is 0. The van der Waals surface area contributed by atoms with Crippen molar-refractivity contribution < 1.29 is 4.79 Å². The van der Waals surface area contributed by atoms with Crippen LogP contribution in [0.3, 0.4) is 0 Å². The number of carbonyl (C=O) groups excluding carboxylic acids is 1. The van der Waals surface area contributed by atoms with Crippen LogP contribution in [0.25, 0.3) is 0 Å². The fourth-order valence-corrected chi connectivity index (χ4v) is 2.53. The Kier molecular flexibility index (Phi) is 4.39. The molecule has 0 amide bonds. The zero-order valence-electron chi connectivity index (χ0n) is 11.6. The van der Waals surface area contributed by atoms with Crippen LogP contribution in [-0.4, -0.2) is 39.9 Å². The molecule has 7 heteroatoms. The molecule has 1 aliphatic heterocycles. The number of anilines is 1. The lowest BCUT2D eigenvalue weighted by molar-refractivity contribution is 0.0944. The maximum atomic E-state index is 12.3. The second-order valence-corrected chi connectivity index (χ2v) is 5.08. The lowest BCUT2D eigenvalue weighted by Gasteiger charge is -2.15. The predicted molar refractivity (Wildman–Crippen MR) is 76.0 cm³/mol. The topological polar surface area (TPSA) is 101 Å². The molecule has 0 saturated carbocycles. The normalized spacial score (nSPS) is 15.7. The number of nitrogen functional groups attached to an aromatic ring is 1. The Hall–Kier alpha value is -1.89. The highest BCUT2D eigenvalue weighted by Crippen LogP contribution is 2.11. The molecule has 1 aromatic rings. The summed E-state index contributed by atoms with van der Waals surface area (Å²) >= 11 is 0. The first kappa shape index (κ1) is 14.5. The fraction of sp³-hybridized carbons (Fsp3) is 0.615. The third-order valence-electron chi connectivity index (χ3n) is 3.53. The first-order chi connectivity index (χ1) is 9.54. The molecule has 1 fully saturated rings. The van der Waals surface area contributed by atoms with E-state index in [1.165, 1.54) is 4.57 Å². The van der Waals surface area contributed by atoms with E-state index in [9.17, 15) is 14.4 Å². The van der Waals surface area contributed by atoms with Crippen molar-refractivity contribution in [3.05, 3.63) is 26.4 Å². The summed E-state index contributed by atoms with van der Waals surface area (Å²) in [6.45, 7) is 4.17. The van der Waals surface area contributed by atoms with Crippen molar-refractivity contribution in [2.75, 3.05) is 25.4 Å². The number of H-pyrrole nitrogens is 1. The molecule has 0 aliphatic carbocycles. The summed E-state index contributed by atoms with van der Waals surface area (Å²) in [6.07, 6.45) is 2.82. The van der Waals surface area contributed by atoms with Gasteiger partial charge >= 0.3 is 5.69 Å². The number of nitrogens with two attached hydrogens (primary N) is 1. The standard InChI is InChI=1S/C13H20N4O3/c1-2-5-17-11(14)10(12(19)15-13(17)20)9(18)8-16-6-3-4-7-16/h2-8,14H2,1H3,(H,15,19,20). The number of hydrogen-bond donors (Lipinski definition) is 2. The molecule has 0 unspecified atom stereocenters. The maximum absolute atomic E-state index is 12.3. The highest BCUT2D eigenvalue weighted by atomic mass is 16.2. The summed E-state index contributed by atoms with van der Waals surface area (Å²) < 4.78 is 1.25. The molecule has 3 N–H and O–H groups in total. The summed E-state index contributed by atoms with van der Waals surface area (Å²) in [7, 11) is 0. The highest BCUT2D eigenvalue weighted by Gasteiger charge is 2.22. The lowest BCUT2D eigenvalue weighted by atomic mass is 10.2. The monoisotopic (exact) mass is 280 g/mol. The number of likely N-dealkylation sites (tertiary alicyclic amines) is 1. The molecule has 0 spiro atoms. The number of hydrogen-bond acceptors (Lipinski definition) is 5. The van der Waals surface area contributed by atoms with Gasteiger partial charge in [0.05, 0.1) is 6.54 Å². The molecule has 1 aromatic heterocycles. The molecular weight excluding hydrogens is 260 g/mol. The molecule has 1 aliphatic rings. The SMILES string of the molecule is CCCn1c(N)c(C(=O)CN2CCCC2)c(=O)[nH]c1=O. The Morgan fingerprint density at radius 3 is 2.55 bits per heavy atom. The zero-order chi connectivity index (χ0) is 14.7. The van der Waals surface area contributed by atoms with E-state index >= 15 is 0 Å². The average molecular weight is 280 g/mol. The van der Waals surface area contributed by atoms with Gasteiger partial charge in [0.1, 0.15) is 11.4 Å². The minimum Gasteiger partial charge on any atom is -0.384 e. The van der Waals surface area contributed by atoms with E-state index in [1.807, 2.05) is 11.8 Å². The molecule has 0 atom stereocenters. The van der Waals surface area contributed by atoms with Gasteiger partial charge in [0.15, 0.2) is 5.78 Å². The Labute approximate surface area is 116 Å². The largest absolute Gasteiger partial charge is 0.384 e. The molecule has 0 radical (unpaired) electrons. The molecule has 7 nitrogen and oxygen atoms in total. The van der Waals surface area contributed by atoms with Gasteiger partial charge < -0.3 is 5.73 Å². The number of ketones is 1. The van der Waals surface area contributed by atoms with E-state index in [0.717, 1.165) is 25.9 Å². The van der Waals surface area contributed by atoms with Crippen molar-refractivity contribution in [2.45, 2.75) is 32.7 Å². The van der Waals surface area contributed by atoms with Crippen LogP contribution in [0.2, 0.25) is 0 Å². The number of nitrogens with zero attached hydrogens (tertiary/aromatic N) is 2. The van der Waals surface area contributed by atoms with Gasteiger partial charge in [-0.3, -0.25) is 24.0 Å². The van der Waals surface area contributed by atoms with E-state index in [1.54, 1.807) is 0 Å². The first-order valence-corrected chi connectivity index (χ1v) is 6.92. The van der Waals surface area contributed by atoms with Gasteiger partial charge in [-0.15, -0.1) is 0 Å². The molecule has 0 bridgehead atoms. The minimum absolute atomic E-state index is 0.0233. The van der Waals surface area contributed by atoms with Crippen LogP contribution in [0.5, 0.6) is 0 Å². The number of nitrogens with one attached hydrogen (secondary N) is 1. The number of Topliss-reactive ketones (excluding diaryl/α,β-unsaturated/α-hetero) is 1. The van der Waals surface area contributed by atoms with Crippen molar-refractivity contribution >= 4 is 11.6 Å². The molecular formula is C13H20N4O3. The van der Waals surface area contributed by atoms with Crippen molar-refractivity contribution in [3.8, 4) is 0 Å². The van der Waals surface area contributed by atoms with E-state index in [-0.39, 0.29) is 23.7 Å². The van der Waals surface area contributed by atoms with Crippen LogP contribution in [-0.2, 0) is 6.54 Å². The Bertz CT molecular complexity index is 611. The van der Waals surface area contributed by atoms with Crippen molar-refractivity contribution in [3.63, 3.8) is 0 Å². The Morgan fingerprint density at radius 1 is 1.30 bits per heavy atom. The van der Waals surface area contributed by atoms with Gasteiger partial charge in [-0.1, -0.05) is 6.92 Å². The van der Waals surface area contributed by atoms with E-state index in [0.29, 0.717) is 13.0 Å². The third kappa shape index (κ3) is 2.82. The van der Waals surface area contributed by atoms with Gasteiger partial charge in [0.2, 0.25) is 0 Å². The van der Waals surface area contributed by atoms with Crippen LogP contribution >= 0.6 is 0 Å². The molecule has 20 heavy (non-hydrogen) atoms. The Morgan fingerprint density at radius 2 is 1.95 bits per heavy atom. The quantitative estimate of drug-likeness (QED) is 0.728.